The highest BCUT2D eigenvalue weighted by atomic mass is 16.3. The molecule has 0 aliphatic heterocycles. The number of anilines is 1. The van der Waals surface area contributed by atoms with Crippen LogP contribution < -0.4 is 5.73 Å². The molecule has 1 rings (SSSR count). The zero-order valence-corrected chi connectivity index (χ0v) is 6.57. The predicted octanol–water partition coefficient (Wildman–Crippen LogP) is 0.888. The fourth-order valence-corrected chi connectivity index (χ4v) is 0.803. The van der Waals surface area contributed by atoms with E-state index in [0.29, 0.717) is 0 Å². The van der Waals surface area contributed by atoms with Gasteiger partial charge < -0.3 is 10.8 Å². The minimum Gasteiger partial charge on any atom is -0.493 e. The summed E-state index contributed by atoms with van der Waals surface area (Å²) >= 11 is 0. The van der Waals surface area contributed by atoms with Gasteiger partial charge in [-0.25, -0.2) is 4.98 Å². The summed E-state index contributed by atoms with van der Waals surface area (Å²) in [5.41, 5.74) is 5.97. The number of hydrogen-bond acceptors (Lipinski definition) is 4. The molecule has 0 unspecified atom stereocenters. The number of rotatable bonds is 1. The van der Waals surface area contributed by atoms with Crippen LogP contribution in [0.5, 0.6) is 5.88 Å². The minimum absolute atomic E-state index is 0.0208. The Morgan fingerprint density at radius 1 is 1.55 bits per heavy atom. The molecule has 0 spiro atoms. The van der Waals surface area contributed by atoms with Gasteiger partial charge in [0.15, 0.2) is 0 Å². The molecular formula is C7H11N3O. The van der Waals surface area contributed by atoms with Crippen LogP contribution in [-0.4, -0.2) is 15.1 Å². The normalized spacial score (nSPS) is 10.5. The molecule has 0 saturated heterocycles. The number of aromatic hydroxyl groups is 1. The molecule has 3 N–H and O–H groups in total. The van der Waals surface area contributed by atoms with Crippen LogP contribution in [0.15, 0.2) is 6.20 Å². The van der Waals surface area contributed by atoms with Crippen molar-refractivity contribution in [3.63, 3.8) is 0 Å². The van der Waals surface area contributed by atoms with Gasteiger partial charge in [-0.2, -0.15) is 4.98 Å². The quantitative estimate of drug-likeness (QED) is 0.628. The van der Waals surface area contributed by atoms with Crippen LogP contribution in [0.2, 0.25) is 0 Å². The molecule has 0 saturated carbocycles. The Morgan fingerprint density at radius 2 is 2.18 bits per heavy atom. The van der Waals surface area contributed by atoms with Crippen LogP contribution in [0.25, 0.3) is 0 Å². The Bertz CT molecular complexity index is 260. The third kappa shape index (κ3) is 1.58. The molecule has 1 aromatic rings. The summed E-state index contributed by atoms with van der Waals surface area (Å²) in [5.74, 6) is 0.301. The van der Waals surface area contributed by atoms with Gasteiger partial charge in [0.2, 0.25) is 11.8 Å². The van der Waals surface area contributed by atoms with Gasteiger partial charge in [0.25, 0.3) is 0 Å². The van der Waals surface area contributed by atoms with E-state index < -0.39 is 0 Å². The third-order valence-electron chi connectivity index (χ3n) is 1.44. The van der Waals surface area contributed by atoms with Gasteiger partial charge in [-0.05, 0) is 5.92 Å². The minimum atomic E-state index is -0.0208. The second-order valence-electron chi connectivity index (χ2n) is 2.66. The third-order valence-corrected chi connectivity index (χ3v) is 1.44. The zero-order valence-electron chi connectivity index (χ0n) is 6.57. The summed E-state index contributed by atoms with van der Waals surface area (Å²) in [7, 11) is 0. The molecule has 0 atom stereocenters. The largest absolute Gasteiger partial charge is 0.493 e. The van der Waals surface area contributed by atoms with Crippen molar-refractivity contribution < 1.29 is 5.11 Å². The first-order chi connectivity index (χ1) is 5.11. The second-order valence-corrected chi connectivity index (χ2v) is 2.66. The monoisotopic (exact) mass is 153 g/mol. The first-order valence-corrected chi connectivity index (χ1v) is 3.42. The molecule has 4 nitrogen and oxygen atoms in total. The predicted molar refractivity (Wildman–Crippen MR) is 42.2 cm³/mol. The van der Waals surface area contributed by atoms with Crippen LogP contribution in [-0.2, 0) is 0 Å². The fraction of sp³-hybridized carbons (Fsp3) is 0.429. The maximum atomic E-state index is 9.23. The summed E-state index contributed by atoms with van der Waals surface area (Å²) in [6.07, 6.45) is 1.54. The van der Waals surface area contributed by atoms with E-state index in [1.807, 2.05) is 13.8 Å². The van der Waals surface area contributed by atoms with Crippen molar-refractivity contribution in [2.75, 3.05) is 5.73 Å². The van der Waals surface area contributed by atoms with Gasteiger partial charge in [-0.1, -0.05) is 13.8 Å². The Kier molecular flexibility index (Phi) is 1.94. The average molecular weight is 153 g/mol. The SMILES string of the molecule is CC(C)c1cnc(N)nc1O. The van der Waals surface area contributed by atoms with Crippen molar-refractivity contribution in [3.8, 4) is 5.88 Å². The zero-order chi connectivity index (χ0) is 8.43. The van der Waals surface area contributed by atoms with Crippen molar-refractivity contribution in [1.29, 1.82) is 0 Å². The number of nitrogens with two attached hydrogens (primary N) is 1. The van der Waals surface area contributed by atoms with Crippen LogP contribution >= 0.6 is 0 Å². The number of hydrogen-bond donors (Lipinski definition) is 2. The van der Waals surface area contributed by atoms with Gasteiger partial charge >= 0.3 is 0 Å². The van der Waals surface area contributed by atoms with E-state index in [-0.39, 0.29) is 17.7 Å². The first kappa shape index (κ1) is 7.78. The first-order valence-electron chi connectivity index (χ1n) is 3.42. The van der Waals surface area contributed by atoms with Gasteiger partial charge in [-0.3, -0.25) is 0 Å². The van der Waals surface area contributed by atoms with Gasteiger partial charge in [0, 0.05) is 11.8 Å². The maximum Gasteiger partial charge on any atom is 0.223 e. The molecule has 0 aromatic carbocycles. The van der Waals surface area contributed by atoms with Crippen molar-refractivity contribution in [2.45, 2.75) is 19.8 Å². The van der Waals surface area contributed by atoms with Gasteiger partial charge in [-0.15, -0.1) is 0 Å². The lowest BCUT2D eigenvalue weighted by Crippen LogP contribution is -1.98. The van der Waals surface area contributed by atoms with E-state index in [1.54, 1.807) is 6.20 Å². The van der Waals surface area contributed by atoms with Crippen molar-refractivity contribution >= 4 is 5.95 Å². The molecular weight excluding hydrogens is 142 g/mol. The topological polar surface area (TPSA) is 72.0 Å². The molecule has 0 radical (unpaired) electrons. The van der Waals surface area contributed by atoms with E-state index in [9.17, 15) is 5.11 Å². The van der Waals surface area contributed by atoms with E-state index in [1.165, 1.54) is 0 Å². The number of nitrogen functional groups attached to an aromatic ring is 1. The molecule has 0 aliphatic carbocycles. The fourth-order valence-electron chi connectivity index (χ4n) is 0.803. The lowest BCUT2D eigenvalue weighted by Gasteiger charge is -2.05. The molecule has 1 heterocycles. The van der Waals surface area contributed by atoms with Crippen molar-refractivity contribution in [2.24, 2.45) is 0 Å². The van der Waals surface area contributed by atoms with Crippen molar-refractivity contribution in [3.05, 3.63) is 11.8 Å². The highest BCUT2D eigenvalue weighted by Gasteiger charge is 2.06. The Labute approximate surface area is 65.1 Å². The lowest BCUT2D eigenvalue weighted by molar-refractivity contribution is 0.442. The smallest absolute Gasteiger partial charge is 0.223 e. The van der Waals surface area contributed by atoms with Crippen LogP contribution in [0.1, 0.15) is 25.3 Å². The summed E-state index contributed by atoms with van der Waals surface area (Å²) in [6, 6.07) is 0. The summed E-state index contributed by atoms with van der Waals surface area (Å²) in [5, 5.41) is 9.23. The molecule has 60 valence electrons. The van der Waals surface area contributed by atoms with Crippen LogP contribution in [0.4, 0.5) is 5.95 Å². The molecule has 0 fully saturated rings. The average Bonchev–Trinajstić information content (AvgIpc) is 1.85. The molecule has 1 aromatic heterocycles. The summed E-state index contributed by atoms with van der Waals surface area (Å²) < 4.78 is 0. The number of nitrogens with zero attached hydrogens (tertiary/aromatic N) is 2. The Morgan fingerprint density at radius 3 is 2.64 bits per heavy atom. The van der Waals surface area contributed by atoms with E-state index in [2.05, 4.69) is 9.97 Å². The van der Waals surface area contributed by atoms with Gasteiger partial charge in [0.1, 0.15) is 0 Å². The van der Waals surface area contributed by atoms with Crippen LogP contribution in [0.3, 0.4) is 0 Å². The van der Waals surface area contributed by atoms with Crippen molar-refractivity contribution in [1.82, 2.24) is 9.97 Å². The Hall–Kier alpha value is -1.32. The van der Waals surface area contributed by atoms with E-state index in [0.717, 1.165) is 5.56 Å². The van der Waals surface area contributed by atoms with E-state index in [4.69, 9.17) is 5.73 Å². The molecule has 4 heteroatoms. The number of aromatic nitrogens is 2. The maximum absolute atomic E-state index is 9.23. The van der Waals surface area contributed by atoms with Crippen LogP contribution in [0, 0.1) is 0 Å². The standard InChI is InChI=1S/C7H11N3O/c1-4(2)5-3-9-7(8)10-6(5)11/h3-4H,1-2H3,(H3,8,9,10,11). The second kappa shape index (κ2) is 2.74. The van der Waals surface area contributed by atoms with Gasteiger partial charge in [0.05, 0.1) is 0 Å². The highest BCUT2D eigenvalue weighted by molar-refractivity contribution is 5.30. The van der Waals surface area contributed by atoms with E-state index >= 15 is 0 Å². The highest BCUT2D eigenvalue weighted by Crippen LogP contribution is 2.21. The molecule has 0 amide bonds. The molecule has 11 heavy (non-hydrogen) atoms. The summed E-state index contributed by atoms with van der Waals surface area (Å²) in [4.78, 5) is 7.38. The summed E-state index contributed by atoms with van der Waals surface area (Å²) in [6.45, 7) is 3.91. The Balaban J connectivity index is 3.09. The molecule has 0 bridgehead atoms. The lowest BCUT2D eigenvalue weighted by atomic mass is 10.1. The molecule has 0 aliphatic rings.